The number of carbonyl (C=O) groups excluding carboxylic acids is 2. The van der Waals surface area contributed by atoms with Gasteiger partial charge in [-0.3, -0.25) is 25.8 Å². The summed E-state index contributed by atoms with van der Waals surface area (Å²) in [7, 11) is 0. The zero-order valence-corrected chi connectivity index (χ0v) is 15.6. The zero-order valence-electron chi connectivity index (χ0n) is 12.7. The Kier molecular flexibility index (Phi) is 8.32. The molecule has 0 heterocycles. The van der Waals surface area contributed by atoms with Crippen LogP contribution in [0.5, 0.6) is 0 Å². The van der Waals surface area contributed by atoms with Gasteiger partial charge in [0.2, 0.25) is 5.91 Å². The second kappa shape index (κ2) is 9.73. The predicted octanol–water partition coefficient (Wildman–Crippen LogP) is 2.82. The van der Waals surface area contributed by atoms with E-state index in [1.807, 2.05) is 13.0 Å². The van der Waals surface area contributed by atoms with Gasteiger partial charge < -0.3 is 0 Å². The standard InChI is InChI=1S/C15H20IN3O2S/c1-3-4-5-6-13(20)18-19-15(22)17-14(21)11-8-7-10(2)12(16)9-11/h7-9H,3-6H2,1-2H3,(H,18,20)(H2,17,19,21,22). The average molecular weight is 433 g/mol. The highest BCUT2D eigenvalue weighted by Gasteiger charge is 2.09. The molecule has 22 heavy (non-hydrogen) atoms. The van der Waals surface area contributed by atoms with Gasteiger partial charge in [-0.15, -0.1) is 0 Å². The summed E-state index contributed by atoms with van der Waals surface area (Å²) in [4.78, 5) is 23.5. The van der Waals surface area contributed by atoms with Crippen LogP contribution >= 0.6 is 34.8 Å². The van der Waals surface area contributed by atoms with Crippen LogP contribution in [-0.4, -0.2) is 16.9 Å². The molecule has 0 fully saturated rings. The molecule has 3 N–H and O–H groups in total. The first-order valence-corrected chi connectivity index (χ1v) is 8.59. The van der Waals surface area contributed by atoms with Crippen LogP contribution in [0.25, 0.3) is 0 Å². The van der Waals surface area contributed by atoms with Gasteiger partial charge in [0, 0.05) is 15.6 Å². The molecule has 0 aliphatic heterocycles. The molecular weight excluding hydrogens is 413 g/mol. The van der Waals surface area contributed by atoms with Crippen LogP contribution in [0.2, 0.25) is 0 Å². The van der Waals surface area contributed by atoms with Gasteiger partial charge in [-0.2, -0.15) is 0 Å². The number of aryl methyl sites for hydroxylation is 1. The van der Waals surface area contributed by atoms with Gasteiger partial charge in [-0.25, -0.2) is 0 Å². The molecule has 0 saturated heterocycles. The number of halogens is 1. The molecule has 120 valence electrons. The van der Waals surface area contributed by atoms with Crippen molar-refractivity contribution in [3.8, 4) is 0 Å². The van der Waals surface area contributed by atoms with Crippen LogP contribution < -0.4 is 16.2 Å². The average Bonchev–Trinajstić information content (AvgIpc) is 2.48. The van der Waals surface area contributed by atoms with E-state index >= 15 is 0 Å². The first-order chi connectivity index (χ1) is 10.4. The summed E-state index contributed by atoms with van der Waals surface area (Å²) in [5.74, 6) is -0.453. The van der Waals surface area contributed by atoms with Crippen LogP contribution in [0.4, 0.5) is 0 Å². The molecule has 1 rings (SSSR count). The van der Waals surface area contributed by atoms with E-state index in [0.717, 1.165) is 28.4 Å². The highest BCUT2D eigenvalue weighted by Crippen LogP contribution is 2.13. The van der Waals surface area contributed by atoms with E-state index in [0.29, 0.717) is 12.0 Å². The van der Waals surface area contributed by atoms with Gasteiger partial charge in [0.25, 0.3) is 5.91 Å². The van der Waals surface area contributed by atoms with Crippen molar-refractivity contribution < 1.29 is 9.59 Å². The van der Waals surface area contributed by atoms with Crippen LogP contribution in [0.3, 0.4) is 0 Å². The molecule has 0 aliphatic carbocycles. The number of unbranched alkanes of at least 4 members (excludes halogenated alkanes) is 2. The van der Waals surface area contributed by atoms with Crippen molar-refractivity contribution in [2.45, 2.75) is 39.5 Å². The van der Waals surface area contributed by atoms with Crippen molar-refractivity contribution in [3.63, 3.8) is 0 Å². The molecule has 5 nitrogen and oxygen atoms in total. The largest absolute Gasteiger partial charge is 0.298 e. The number of benzene rings is 1. The fourth-order valence-electron chi connectivity index (χ4n) is 1.67. The maximum Gasteiger partial charge on any atom is 0.257 e. The molecular formula is C15H20IN3O2S. The van der Waals surface area contributed by atoms with Crippen molar-refractivity contribution in [1.29, 1.82) is 0 Å². The summed E-state index contributed by atoms with van der Waals surface area (Å²) in [6, 6.07) is 5.40. The minimum Gasteiger partial charge on any atom is -0.298 e. The topological polar surface area (TPSA) is 70.2 Å². The van der Waals surface area contributed by atoms with E-state index in [9.17, 15) is 9.59 Å². The van der Waals surface area contributed by atoms with Gasteiger partial charge in [0.05, 0.1) is 0 Å². The third kappa shape index (κ3) is 6.69. The van der Waals surface area contributed by atoms with E-state index < -0.39 is 0 Å². The van der Waals surface area contributed by atoms with Gasteiger partial charge in [-0.05, 0) is 65.8 Å². The Hall–Kier alpha value is -1.22. The quantitative estimate of drug-likeness (QED) is 0.289. The van der Waals surface area contributed by atoms with E-state index in [1.165, 1.54) is 0 Å². The Balaban J connectivity index is 2.39. The molecule has 1 aromatic carbocycles. The van der Waals surface area contributed by atoms with E-state index in [4.69, 9.17) is 12.2 Å². The van der Waals surface area contributed by atoms with Crippen molar-refractivity contribution in [3.05, 3.63) is 32.9 Å². The second-order valence-electron chi connectivity index (χ2n) is 4.88. The Morgan fingerprint density at radius 1 is 1.23 bits per heavy atom. The highest BCUT2D eigenvalue weighted by atomic mass is 127. The van der Waals surface area contributed by atoms with Gasteiger partial charge >= 0.3 is 0 Å². The second-order valence-corrected chi connectivity index (χ2v) is 6.45. The van der Waals surface area contributed by atoms with E-state index in [-0.39, 0.29) is 16.9 Å². The third-order valence-corrected chi connectivity index (χ3v) is 4.35. The molecule has 1 aromatic rings. The molecule has 0 radical (unpaired) electrons. The van der Waals surface area contributed by atoms with Gasteiger partial charge in [0.15, 0.2) is 5.11 Å². The zero-order chi connectivity index (χ0) is 16.5. The lowest BCUT2D eigenvalue weighted by Gasteiger charge is -2.11. The summed E-state index contributed by atoms with van der Waals surface area (Å²) < 4.78 is 1.01. The fourth-order valence-corrected chi connectivity index (χ4v) is 2.32. The lowest BCUT2D eigenvalue weighted by molar-refractivity contribution is -0.121. The van der Waals surface area contributed by atoms with Crippen molar-refractivity contribution in [2.75, 3.05) is 0 Å². The lowest BCUT2D eigenvalue weighted by atomic mass is 10.1. The normalized spacial score (nSPS) is 9.95. The van der Waals surface area contributed by atoms with Gasteiger partial charge in [-0.1, -0.05) is 25.8 Å². The maximum atomic E-state index is 12.0. The molecule has 0 unspecified atom stereocenters. The number of nitrogens with one attached hydrogen (secondary N) is 3. The highest BCUT2D eigenvalue weighted by molar-refractivity contribution is 14.1. The van der Waals surface area contributed by atoms with E-state index in [1.54, 1.807) is 12.1 Å². The first kappa shape index (κ1) is 18.8. The number of carbonyl (C=O) groups is 2. The first-order valence-electron chi connectivity index (χ1n) is 7.10. The van der Waals surface area contributed by atoms with Crippen molar-refractivity contribution in [1.82, 2.24) is 16.2 Å². The van der Waals surface area contributed by atoms with Gasteiger partial charge in [0.1, 0.15) is 0 Å². The minimum absolute atomic E-state index is 0.0735. The number of rotatable bonds is 5. The number of amides is 2. The fraction of sp³-hybridized carbons (Fsp3) is 0.400. The third-order valence-electron chi connectivity index (χ3n) is 2.98. The van der Waals surface area contributed by atoms with Crippen LogP contribution in [0.15, 0.2) is 18.2 Å². The summed E-state index contributed by atoms with van der Waals surface area (Å²) >= 11 is 7.16. The summed E-state index contributed by atoms with van der Waals surface area (Å²) in [6.45, 7) is 4.05. The van der Waals surface area contributed by atoms with Crippen molar-refractivity contribution >= 4 is 51.7 Å². The summed E-state index contributed by atoms with van der Waals surface area (Å²) in [5.41, 5.74) is 6.64. The summed E-state index contributed by atoms with van der Waals surface area (Å²) in [6.07, 6.45) is 3.35. The predicted molar refractivity (Wildman–Crippen MR) is 99.4 cm³/mol. The summed E-state index contributed by atoms with van der Waals surface area (Å²) in [5, 5.41) is 2.60. The molecule has 0 spiro atoms. The monoisotopic (exact) mass is 433 g/mol. The Bertz CT molecular complexity index is 564. The molecule has 0 aliphatic rings. The van der Waals surface area contributed by atoms with Crippen LogP contribution in [0, 0.1) is 10.5 Å². The Morgan fingerprint density at radius 3 is 2.59 bits per heavy atom. The Labute approximate surface area is 149 Å². The molecule has 7 heteroatoms. The number of hydrogen-bond acceptors (Lipinski definition) is 3. The van der Waals surface area contributed by atoms with Crippen molar-refractivity contribution in [2.24, 2.45) is 0 Å². The number of thiocarbonyl (C=S) groups is 1. The molecule has 2 amide bonds. The van der Waals surface area contributed by atoms with E-state index in [2.05, 4.69) is 45.7 Å². The smallest absolute Gasteiger partial charge is 0.257 e. The molecule has 0 aromatic heterocycles. The molecule has 0 atom stereocenters. The SMILES string of the molecule is CCCCCC(=O)NNC(=S)NC(=O)c1ccc(C)c(I)c1. The van der Waals surface area contributed by atoms with Crippen LogP contribution in [-0.2, 0) is 4.79 Å². The minimum atomic E-state index is -0.310. The van der Waals surface area contributed by atoms with Crippen LogP contribution in [0.1, 0.15) is 48.5 Å². The maximum absolute atomic E-state index is 12.0. The Morgan fingerprint density at radius 2 is 1.95 bits per heavy atom. The molecule has 0 bridgehead atoms. The lowest BCUT2D eigenvalue weighted by Crippen LogP contribution is -2.48. The molecule has 0 saturated carbocycles. The number of hydrazine groups is 1. The number of hydrogen-bond donors (Lipinski definition) is 3.